The summed E-state index contributed by atoms with van der Waals surface area (Å²) in [5, 5.41) is 3.65. The predicted molar refractivity (Wildman–Crippen MR) is 169 cm³/mol. The van der Waals surface area contributed by atoms with E-state index in [1.807, 2.05) is 54.6 Å². The maximum absolute atomic E-state index is 12.8. The van der Waals surface area contributed by atoms with Crippen molar-refractivity contribution in [3.8, 4) is 0 Å². The Hall–Kier alpha value is -2.35. The van der Waals surface area contributed by atoms with Crippen LogP contribution in [0.1, 0.15) is 69.1 Å². The second-order valence-corrected chi connectivity index (χ2v) is 11.8. The molecule has 3 aromatic carbocycles. The van der Waals surface area contributed by atoms with Crippen molar-refractivity contribution in [2.75, 3.05) is 39.6 Å². The van der Waals surface area contributed by atoms with Crippen LogP contribution < -0.4 is 5.32 Å². The Morgan fingerprint density at radius 3 is 1.69 bits per heavy atom. The lowest BCUT2D eigenvalue weighted by Gasteiger charge is -2.37. The fourth-order valence-corrected chi connectivity index (χ4v) is 5.65. The van der Waals surface area contributed by atoms with Crippen LogP contribution in [0.2, 0.25) is 0 Å². The highest BCUT2D eigenvalue weighted by atomic mass is 31.2. The average Bonchev–Trinajstić information content (AvgIpc) is 3.03. The molecule has 0 aliphatic carbocycles. The van der Waals surface area contributed by atoms with E-state index in [4.69, 9.17) is 18.5 Å². The van der Waals surface area contributed by atoms with Crippen LogP contribution in [0.15, 0.2) is 91.0 Å². The molecule has 0 heterocycles. The van der Waals surface area contributed by atoms with Crippen LogP contribution in [0.3, 0.4) is 0 Å². The third-order valence-electron chi connectivity index (χ3n) is 7.09. The highest BCUT2D eigenvalue weighted by Crippen LogP contribution is 2.43. The monoisotopic (exact) mass is 597 g/mol. The minimum atomic E-state index is -4.31. The van der Waals surface area contributed by atoms with Gasteiger partial charge in [0.15, 0.2) is 0 Å². The molecule has 2 atom stereocenters. The molecular weight excluding hydrogens is 549 g/mol. The topological polar surface area (TPSA) is 86.3 Å². The van der Waals surface area contributed by atoms with Gasteiger partial charge in [-0.25, -0.2) is 4.57 Å². The molecule has 0 amide bonds. The molecular formula is C34H48NO6P. The summed E-state index contributed by atoms with van der Waals surface area (Å²) >= 11 is 0. The summed E-state index contributed by atoms with van der Waals surface area (Å²) in [6.45, 7) is 5.97. The molecule has 0 bridgehead atoms. The molecule has 230 valence electrons. The Morgan fingerprint density at radius 1 is 0.690 bits per heavy atom. The van der Waals surface area contributed by atoms with Crippen molar-refractivity contribution in [1.29, 1.82) is 0 Å². The number of hydrogen-bond donors (Lipinski definition) is 2. The Kier molecular flexibility index (Phi) is 15.5. The highest BCUT2D eigenvalue weighted by molar-refractivity contribution is 7.47. The van der Waals surface area contributed by atoms with Crippen LogP contribution in [-0.2, 0) is 28.6 Å². The lowest BCUT2D eigenvalue weighted by molar-refractivity contribution is -0.0442. The van der Waals surface area contributed by atoms with E-state index in [0.717, 1.165) is 55.2 Å². The highest BCUT2D eigenvalue weighted by Gasteiger charge is 2.36. The molecule has 0 radical (unpaired) electrons. The van der Waals surface area contributed by atoms with Gasteiger partial charge in [-0.3, -0.25) is 14.4 Å². The van der Waals surface area contributed by atoms with Crippen molar-refractivity contribution in [2.24, 2.45) is 0 Å². The molecule has 3 rings (SSSR count). The Morgan fingerprint density at radius 2 is 1.19 bits per heavy atom. The van der Waals surface area contributed by atoms with Gasteiger partial charge in [0.2, 0.25) is 0 Å². The molecule has 7 nitrogen and oxygen atoms in total. The van der Waals surface area contributed by atoms with Crippen LogP contribution >= 0.6 is 7.82 Å². The predicted octanol–water partition coefficient (Wildman–Crippen LogP) is 7.48. The molecule has 0 spiro atoms. The molecule has 0 aliphatic rings. The summed E-state index contributed by atoms with van der Waals surface area (Å²) in [7, 11) is -4.31. The number of nitrogens with one attached hydrogen (secondary N) is 1. The molecule has 42 heavy (non-hydrogen) atoms. The smallest absolute Gasteiger partial charge is 0.379 e. The zero-order valence-electron chi connectivity index (χ0n) is 25.2. The van der Waals surface area contributed by atoms with E-state index >= 15 is 0 Å². The molecule has 0 saturated heterocycles. The first-order chi connectivity index (χ1) is 20.5. The number of benzene rings is 3. The first kappa shape index (κ1) is 34.1. The van der Waals surface area contributed by atoms with E-state index in [0.29, 0.717) is 26.4 Å². The summed E-state index contributed by atoms with van der Waals surface area (Å²) in [5.74, 6) is 0. The van der Waals surface area contributed by atoms with E-state index in [1.54, 1.807) is 0 Å². The minimum Gasteiger partial charge on any atom is -0.379 e. The summed E-state index contributed by atoms with van der Waals surface area (Å²) in [4.78, 5) is 10.5. The summed E-state index contributed by atoms with van der Waals surface area (Å²) in [5.41, 5.74) is 2.45. The Labute approximate surface area is 252 Å². The van der Waals surface area contributed by atoms with E-state index in [2.05, 4.69) is 55.6 Å². The zero-order chi connectivity index (χ0) is 29.9. The maximum Gasteiger partial charge on any atom is 0.472 e. The molecule has 2 N–H and O–H groups in total. The van der Waals surface area contributed by atoms with Gasteiger partial charge >= 0.3 is 7.82 Å². The number of ether oxygens (including phenoxy) is 2. The molecule has 0 aliphatic heterocycles. The van der Waals surface area contributed by atoms with Gasteiger partial charge < -0.3 is 14.4 Å². The molecule has 0 fully saturated rings. The van der Waals surface area contributed by atoms with Gasteiger partial charge in [0.05, 0.1) is 25.4 Å². The van der Waals surface area contributed by atoms with E-state index in [1.165, 1.54) is 0 Å². The quantitative estimate of drug-likeness (QED) is 0.0705. The average molecular weight is 598 g/mol. The number of rotatable bonds is 22. The van der Waals surface area contributed by atoms with E-state index < -0.39 is 19.5 Å². The summed E-state index contributed by atoms with van der Waals surface area (Å²) in [6, 6.07) is 30.5. The first-order valence-electron chi connectivity index (χ1n) is 15.2. The second kappa shape index (κ2) is 19.0. The van der Waals surface area contributed by atoms with E-state index in [-0.39, 0.29) is 13.2 Å². The Balaban J connectivity index is 1.63. The third kappa shape index (κ3) is 11.1. The number of phosphoric ester groups is 1. The van der Waals surface area contributed by atoms with Gasteiger partial charge in [0, 0.05) is 19.8 Å². The van der Waals surface area contributed by atoms with Crippen molar-refractivity contribution in [3.63, 3.8) is 0 Å². The molecule has 0 aromatic heterocycles. The summed E-state index contributed by atoms with van der Waals surface area (Å²) < 4.78 is 35.3. The lowest BCUT2D eigenvalue weighted by Crippen LogP contribution is -2.46. The largest absolute Gasteiger partial charge is 0.472 e. The van der Waals surface area contributed by atoms with Crippen molar-refractivity contribution in [3.05, 3.63) is 108 Å². The van der Waals surface area contributed by atoms with Crippen molar-refractivity contribution in [2.45, 2.75) is 64.0 Å². The van der Waals surface area contributed by atoms with Crippen molar-refractivity contribution < 1.29 is 28.0 Å². The molecule has 3 aromatic rings. The number of unbranched alkanes of at least 4 members (excludes halogenated alkanes) is 4. The molecule has 1 unspecified atom stereocenters. The lowest BCUT2D eigenvalue weighted by atomic mass is 9.77. The van der Waals surface area contributed by atoms with Crippen LogP contribution in [0, 0.1) is 0 Å². The van der Waals surface area contributed by atoms with Gasteiger partial charge in [-0.1, -0.05) is 131 Å². The van der Waals surface area contributed by atoms with Gasteiger partial charge in [-0.2, -0.15) is 0 Å². The van der Waals surface area contributed by atoms with Crippen LogP contribution in [0.5, 0.6) is 0 Å². The standard InChI is InChI=1S/C34H48NO6P/c1-3-5-16-25-38-28-33(39-26-17-6-4-2)29-41-42(36,37)40-27-24-35-34(30-18-10-7-11-19-30,31-20-12-8-13-21-31)32-22-14-9-15-23-32/h7-15,18-23,33,35H,3-6,16-17,24-29H2,1-2H3,(H,36,37)/t33-/m1/s1. The Bertz CT molecular complexity index is 1050. The van der Waals surface area contributed by atoms with Crippen LogP contribution in [0.4, 0.5) is 0 Å². The van der Waals surface area contributed by atoms with E-state index in [9.17, 15) is 9.46 Å². The molecule has 0 saturated carbocycles. The van der Waals surface area contributed by atoms with Gasteiger partial charge in [-0.15, -0.1) is 0 Å². The van der Waals surface area contributed by atoms with Crippen LogP contribution in [0.25, 0.3) is 0 Å². The van der Waals surface area contributed by atoms with Gasteiger partial charge in [0.25, 0.3) is 0 Å². The molecule has 8 heteroatoms. The second-order valence-electron chi connectivity index (χ2n) is 10.4. The summed E-state index contributed by atoms with van der Waals surface area (Å²) in [6.07, 6.45) is 5.84. The first-order valence-corrected chi connectivity index (χ1v) is 16.7. The van der Waals surface area contributed by atoms with Crippen molar-refractivity contribution in [1.82, 2.24) is 5.32 Å². The van der Waals surface area contributed by atoms with Crippen LogP contribution in [-0.4, -0.2) is 50.6 Å². The van der Waals surface area contributed by atoms with Gasteiger partial charge in [-0.05, 0) is 29.5 Å². The fraction of sp³-hybridized carbons (Fsp3) is 0.471. The minimum absolute atomic E-state index is 0.0302. The zero-order valence-corrected chi connectivity index (χ0v) is 26.1. The van der Waals surface area contributed by atoms with Crippen molar-refractivity contribution >= 4 is 7.82 Å². The number of hydrogen-bond acceptors (Lipinski definition) is 6. The number of phosphoric acid groups is 1. The SMILES string of the molecule is CCCCCOC[C@H](COP(=O)(O)OCCNC(c1ccccc1)(c1ccccc1)c1ccccc1)OCCCCC. The van der Waals surface area contributed by atoms with Gasteiger partial charge in [0.1, 0.15) is 6.10 Å². The fourth-order valence-electron chi connectivity index (χ4n) is 4.90. The normalized spacial score (nSPS) is 14.0. The third-order valence-corrected chi connectivity index (χ3v) is 8.07. The maximum atomic E-state index is 12.8.